The number of rotatable bonds is 8. The molecule has 4 aromatic rings. The number of amides is 2. The molecule has 1 N–H and O–H groups in total. The molecule has 0 spiro atoms. The lowest BCUT2D eigenvalue weighted by molar-refractivity contribution is -0.118. The van der Waals surface area contributed by atoms with E-state index in [2.05, 4.69) is 20.4 Å². The number of carbonyl (C=O) groups is 2. The molecular formula is C24H27N7O3S. The molecule has 0 radical (unpaired) electrons. The molecule has 35 heavy (non-hydrogen) atoms. The Morgan fingerprint density at radius 2 is 2.20 bits per heavy atom. The van der Waals surface area contributed by atoms with Crippen molar-refractivity contribution in [2.75, 3.05) is 18.1 Å². The van der Waals surface area contributed by atoms with E-state index in [-0.39, 0.29) is 24.3 Å². The average Bonchev–Trinajstić information content (AvgIpc) is 3.64. The highest BCUT2D eigenvalue weighted by atomic mass is 32.1. The van der Waals surface area contributed by atoms with Crippen LogP contribution in [0.15, 0.2) is 43.0 Å². The quantitative estimate of drug-likeness (QED) is 0.404. The van der Waals surface area contributed by atoms with E-state index in [4.69, 9.17) is 4.74 Å². The standard InChI is InChI=1S/C24H27N7O3S/c1-16-10-18(28-29(16)2)11-22(32)31(15-19-4-3-9-34-19)24-27-13-20(35-24)23(33)26-12-17-5-6-21-25-7-8-30(21)14-17/h5-8,10,13-14,19H,3-4,9,11-12,15H2,1-2H3,(H,26,33). The number of aryl methyl sites for hydroxylation is 2. The molecular weight excluding hydrogens is 466 g/mol. The van der Waals surface area contributed by atoms with Crippen LogP contribution >= 0.6 is 11.3 Å². The summed E-state index contributed by atoms with van der Waals surface area (Å²) >= 11 is 1.20. The van der Waals surface area contributed by atoms with Crippen LogP contribution in [0, 0.1) is 6.92 Å². The number of carbonyl (C=O) groups excluding carboxylic acids is 2. The van der Waals surface area contributed by atoms with Crippen molar-refractivity contribution in [2.45, 2.75) is 38.8 Å². The molecule has 1 fully saturated rings. The predicted molar refractivity (Wildman–Crippen MR) is 131 cm³/mol. The van der Waals surface area contributed by atoms with Gasteiger partial charge in [0.25, 0.3) is 5.91 Å². The molecule has 10 nitrogen and oxygen atoms in total. The summed E-state index contributed by atoms with van der Waals surface area (Å²) in [5.74, 6) is -0.349. The number of aromatic nitrogens is 5. The maximum atomic E-state index is 13.3. The lowest BCUT2D eigenvalue weighted by Gasteiger charge is -2.22. The van der Waals surface area contributed by atoms with E-state index in [1.165, 1.54) is 17.5 Å². The molecule has 182 valence electrons. The monoisotopic (exact) mass is 493 g/mol. The SMILES string of the molecule is Cc1cc(CC(=O)N(CC2CCCO2)c2ncc(C(=O)NCc3ccc4nccn4c3)s2)nn1C. The van der Waals surface area contributed by atoms with Gasteiger partial charge in [-0.3, -0.25) is 19.2 Å². The Morgan fingerprint density at radius 1 is 1.31 bits per heavy atom. The van der Waals surface area contributed by atoms with E-state index in [9.17, 15) is 9.59 Å². The van der Waals surface area contributed by atoms with Crippen molar-refractivity contribution in [1.29, 1.82) is 0 Å². The van der Waals surface area contributed by atoms with Crippen LogP contribution in [0.3, 0.4) is 0 Å². The zero-order chi connectivity index (χ0) is 24.4. The topological polar surface area (TPSA) is 107 Å². The average molecular weight is 494 g/mol. The Bertz CT molecular complexity index is 1330. The van der Waals surface area contributed by atoms with Gasteiger partial charge in [0.05, 0.1) is 31.0 Å². The Morgan fingerprint density at radius 3 is 2.97 bits per heavy atom. The molecule has 1 atom stereocenters. The molecule has 2 amide bonds. The summed E-state index contributed by atoms with van der Waals surface area (Å²) in [4.78, 5) is 36.8. The molecule has 1 aliphatic rings. The fourth-order valence-corrected chi connectivity index (χ4v) is 4.94. The summed E-state index contributed by atoms with van der Waals surface area (Å²) in [6.45, 7) is 3.43. The lowest BCUT2D eigenvalue weighted by Crippen LogP contribution is -2.38. The van der Waals surface area contributed by atoms with Gasteiger partial charge in [0, 0.05) is 44.5 Å². The van der Waals surface area contributed by atoms with Crippen LogP contribution in [0.4, 0.5) is 5.13 Å². The van der Waals surface area contributed by atoms with Crippen LogP contribution in [0.5, 0.6) is 0 Å². The third kappa shape index (κ3) is 5.25. The van der Waals surface area contributed by atoms with E-state index >= 15 is 0 Å². The van der Waals surface area contributed by atoms with Gasteiger partial charge in [0.2, 0.25) is 5.91 Å². The zero-order valence-corrected chi connectivity index (χ0v) is 20.5. The minimum Gasteiger partial charge on any atom is -0.376 e. The van der Waals surface area contributed by atoms with Gasteiger partial charge in [0.1, 0.15) is 10.5 Å². The lowest BCUT2D eigenvalue weighted by atomic mass is 10.2. The van der Waals surface area contributed by atoms with Gasteiger partial charge in [-0.25, -0.2) is 9.97 Å². The van der Waals surface area contributed by atoms with Crippen LogP contribution in [-0.2, 0) is 29.5 Å². The summed E-state index contributed by atoms with van der Waals surface area (Å²) < 4.78 is 9.43. The number of pyridine rings is 1. The maximum absolute atomic E-state index is 13.3. The van der Waals surface area contributed by atoms with Crippen LogP contribution in [0.1, 0.15) is 39.5 Å². The van der Waals surface area contributed by atoms with Gasteiger partial charge < -0.3 is 14.5 Å². The molecule has 0 saturated carbocycles. The molecule has 5 heterocycles. The number of ether oxygens (including phenoxy) is 1. The molecule has 4 aromatic heterocycles. The van der Waals surface area contributed by atoms with Crippen molar-refractivity contribution in [3.05, 3.63) is 64.8 Å². The predicted octanol–water partition coefficient (Wildman–Crippen LogP) is 2.52. The zero-order valence-electron chi connectivity index (χ0n) is 19.7. The molecule has 11 heteroatoms. The summed E-state index contributed by atoms with van der Waals surface area (Å²) in [5, 5.41) is 7.83. The summed E-state index contributed by atoms with van der Waals surface area (Å²) in [5.41, 5.74) is 3.49. The molecule has 5 rings (SSSR count). The number of hydrogen-bond acceptors (Lipinski definition) is 7. The van der Waals surface area contributed by atoms with E-state index < -0.39 is 0 Å². The van der Waals surface area contributed by atoms with Gasteiger partial charge >= 0.3 is 0 Å². The van der Waals surface area contributed by atoms with Crippen molar-refractivity contribution >= 4 is 33.9 Å². The fraction of sp³-hybridized carbons (Fsp3) is 0.375. The van der Waals surface area contributed by atoms with Gasteiger partial charge in [-0.2, -0.15) is 5.10 Å². The Labute approximate surface area is 206 Å². The molecule has 0 aliphatic carbocycles. The number of nitrogens with zero attached hydrogens (tertiary/aromatic N) is 6. The highest BCUT2D eigenvalue weighted by Gasteiger charge is 2.27. The third-order valence-corrected chi connectivity index (χ3v) is 7.08. The smallest absolute Gasteiger partial charge is 0.263 e. The van der Waals surface area contributed by atoms with Gasteiger partial charge in [0.15, 0.2) is 5.13 Å². The first-order valence-corrected chi connectivity index (χ1v) is 12.3. The second-order valence-corrected chi connectivity index (χ2v) is 9.65. The third-order valence-electron chi connectivity index (χ3n) is 6.06. The van der Waals surface area contributed by atoms with Gasteiger partial charge in [-0.05, 0) is 37.5 Å². The van der Waals surface area contributed by atoms with Crippen molar-refractivity contribution in [2.24, 2.45) is 7.05 Å². The molecule has 1 unspecified atom stereocenters. The van der Waals surface area contributed by atoms with Crippen molar-refractivity contribution in [1.82, 2.24) is 29.5 Å². The number of hydrogen-bond donors (Lipinski definition) is 1. The second kappa shape index (κ2) is 9.96. The van der Waals surface area contributed by atoms with Crippen molar-refractivity contribution < 1.29 is 14.3 Å². The van der Waals surface area contributed by atoms with Crippen LogP contribution in [0.25, 0.3) is 5.65 Å². The normalized spacial score (nSPS) is 15.5. The number of fused-ring (bicyclic) bond motifs is 1. The maximum Gasteiger partial charge on any atom is 0.263 e. The Kier molecular flexibility index (Phi) is 6.60. The second-order valence-electron chi connectivity index (χ2n) is 8.64. The number of imidazole rings is 1. The highest BCUT2D eigenvalue weighted by molar-refractivity contribution is 7.17. The van der Waals surface area contributed by atoms with Crippen molar-refractivity contribution in [3.8, 4) is 0 Å². The largest absolute Gasteiger partial charge is 0.376 e. The Balaban J connectivity index is 1.28. The van der Waals surface area contributed by atoms with Crippen LogP contribution < -0.4 is 10.2 Å². The number of nitrogens with one attached hydrogen (secondary N) is 1. The molecule has 0 aromatic carbocycles. The molecule has 0 bridgehead atoms. The summed E-state index contributed by atoms with van der Waals surface area (Å²) in [6, 6.07) is 5.75. The van der Waals surface area contributed by atoms with E-state index in [1.54, 1.807) is 15.8 Å². The first-order chi connectivity index (χ1) is 17.0. The highest BCUT2D eigenvalue weighted by Crippen LogP contribution is 2.26. The summed E-state index contributed by atoms with van der Waals surface area (Å²) in [7, 11) is 1.85. The van der Waals surface area contributed by atoms with Gasteiger partial charge in [-0.15, -0.1) is 0 Å². The fourth-order valence-electron chi connectivity index (χ4n) is 4.09. The molecule has 1 aliphatic heterocycles. The van der Waals surface area contributed by atoms with E-state index in [0.717, 1.165) is 29.7 Å². The minimum atomic E-state index is -0.232. The number of anilines is 1. The first-order valence-electron chi connectivity index (χ1n) is 11.5. The van der Waals surface area contributed by atoms with Crippen LogP contribution in [-0.4, -0.2) is 55.2 Å². The van der Waals surface area contributed by atoms with Crippen LogP contribution in [0.2, 0.25) is 0 Å². The summed E-state index contributed by atoms with van der Waals surface area (Å²) in [6.07, 6.45) is 9.04. The van der Waals surface area contributed by atoms with Crippen molar-refractivity contribution in [3.63, 3.8) is 0 Å². The Hall–Kier alpha value is -3.57. The van der Waals surface area contributed by atoms with E-state index in [1.807, 2.05) is 49.0 Å². The van der Waals surface area contributed by atoms with Gasteiger partial charge in [-0.1, -0.05) is 17.4 Å². The first kappa shape index (κ1) is 23.2. The van der Waals surface area contributed by atoms with E-state index in [0.29, 0.717) is 35.4 Å². The molecule has 1 saturated heterocycles. The minimum absolute atomic E-state index is 0.0383. The number of thiazole rings is 1.